The summed E-state index contributed by atoms with van der Waals surface area (Å²) in [7, 11) is 2.55. The Morgan fingerprint density at radius 1 is 0.719 bits per heavy atom. The molecule has 0 saturated carbocycles. The van der Waals surface area contributed by atoms with E-state index >= 15 is 0 Å². The van der Waals surface area contributed by atoms with Crippen LogP contribution in [0.25, 0.3) is 22.5 Å². The smallest absolute Gasteiger partial charge is 0.407 e. The molecule has 0 radical (unpaired) electrons. The highest BCUT2D eigenvalue weighted by molar-refractivity contribution is 5.87. The predicted molar refractivity (Wildman–Crippen MR) is 211 cm³/mol. The third-order valence-electron chi connectivity index (χ3n) is 10.3. The van der Waals surface area contributed by atoms with Gasteiger partial charge in [0.1, 0.15) is 29.8 Å². The number of carbonyl (C=O) groups is 4. The average molecular weight is 779 g/mol. The van der Waals surface area contributed by atoms with Crippen molar-refractivity contribution >= 4 is 24.0 Å². The zero-order chi connectivity index (χ0) is 40.6. The van der Waals surface area contributed by atoms with Crippen LogP contribution in [0.1, 0.15) is 75.4 Å². The highest BCUT2D eigenvalue weighted by atomic mass is 16.5. The molecule has 0 spiro atoms. The Labute approximate surface area is 332 Å². The van der Waals surface area contributed by atoms with Gasteiger partial charge < -0.3 is 44.6 Å². The number of benzene rings is 2. The fraction of sp³-hybridized carbons (Fsp3) is 0.429. The van der Waals surface area contributed by atoms with Crippen molar-refractivity contribution in [2.45, 2.75) is 64.7 Å². The first-order valence-electron chi connectivity index (χ1n) is 19.2. The van der Waals surface area contributed by atoms with Crippen molar-refractivity contribution in [3.63, 3.8) is 0 Å². The van der Waals surface area contributed by atoms with Gasteiger partial charge in [-0.2, -0.15) is 0 Å². The Balaban J connectivity index is 1.08. The van der Waals surface area contributed by atoms with Crippen LogP contribution in [0, 0.1) is 23.7 Å². The van der Waals surface area contributed by atoms with E-state index in [2.05, 4.69) is 42.4 Å². The van der Waals surface area contributed by atoms with Gasteiger partial charge in [0.05, 0.1) is 57.3 Å². The third-order valence-corrected chi connectivity index (χ3v) is 10.3. The Morgan fingerprint density at radius 2 is 1.18 bits per heavy atom. The lowest BCUT2D eigenvalue weighted by atomic mass is 10.0. The molecule has 2 aliphatic heterocycles. The molecule has 2 aromatic carbocycles. The number of hydrogen-bond donors (Lipinski definition) is 4. The van der Waals surface area contributed by atoms with E-state index < -0.39 is 30.3 Å². The van der Waals surface area contributed by atoms with Crippen LogP contribution in [-0.4, -0.2) is 106 Å². The number of morpholine rings is 1. The molecule has 1 unspecified atom stereocenters. The van der Waals surface area contributed by atoms with Gasteiger partial charge in [0.15, 0.2) is 0 Å². The molecule has 300 valence electrons. The zero-order valence-electron chi connectivity index (χ0n) is 33.1. The van der Waals surface area contributed by atoms with Gasteiger partial charge in [-0.3, -0.25) is 9.59 Å². The molecule has 2 saturated heterocycles. The van der Waals surface area contributed by atoms with Gasteiger partial charge in [-0.1, -0.05) is 63.8 Å². The van der Waals surface area contributed by atoms with Crippen LogP contribution in [0.5, 0.6) is 0 Å². The number of nitrogens with one attached hydrogen (secondary N) is 4. The molecule has 0 bridgehead atoms. The minimum Gasteiger partial charge on any atom is -0.453 e. The molecule has 4 amide bonds. The molecular formula is C42H50N8O7. The molecule has 4 heterocycles. The van der Waals surface area contributed by atoms with Gasteiger partial charge in [-0.15, -0.1) is 0 Å². The van der Waals surface area contributed by atoms with E-state index in [0.717, 1.165) is 46.5 Å². The lowest BCUT2D eigenvalue weighted by Gasteiger charge is -2.37. The molecule has 2 aliphatic rings. The van der Waals surface area contributed by atoms with E-state index in [-0.39, 0.29) is 36.3 Å². The van der Waals surface area contributed by atoms with Crippen molar-refractivity contribution in [2.24, 2.45) is 11.8 Å². The number of aromatic amines is 2. The van der Waals surface area contributed by atoms with E-state index in [1.54, 1.807) is 22.2 Å². The summed E-state index contributed by atoms with van der Waals surface area (Å²) in [5, 5.41) is 5.35. The molecule has 2 aromatic heterocycles. The van der Waals surface area contributed by atoms with Gasteiger partial charge in [0.25, 0.3) is 0 Å². The third kappa shape index (κ3) is 9.46. The topological polar surface area (TPSA) is 184 Å². The Kier molecular flexibility index (Phi) is 12.9. The zero-order valence-corrected chi connectivity index (χ0v) is 33.1. The first-order valence-corrected chi connectivity index (χ1v) is 19.2. The second-order valence-electron chi connectivity index (χ2n) is 14.8. The Hall–Kier alpha value is -6.14. The molecule has 0 aliphatic carbocycles. The number of H-pyrrole nitrogens is 2. The number of ether oxygens (including phenoxy) is 3. The Bertz CT molecular complexity index is 2100. The molecule has 6 rings (SSSR count). The number of hydrogen-bond acceptors (Lipinski definition) is 9. The SMILES string of the molecule is COC(=O)NC(C(=O)N1CCC[C@H]1c1ncc(-c2ccc(C#Cc3ccc(-c4cnc([C@@H]5COCCN5C(=O)[C@@H](NC(=O)OC)C(C)C)[nH]4)cc3)cc2)[nH]1)C(C)C. The largest absolute Gasteiger partial charge is 0.453 e. The molecule has 2 fully saturated rings. The quantitative estimate of drug-likeness (QED) is 0.157. The lowest BCUT2D eigenvalue weighted by Crippen LogP contribution is -2.54. The van der Waals surface area contributed by atoms with Crippen LogP contribution < -0.4 is 10.6 Å². The minimum atomic E-state index is -0.750. The summed E-state index contributed by atoms with van der Waals surface area (Å²) in [6, 6.07) is 13.6. The summed E-state index contributed by atoms with van der Waals surface area (Å²) in [4.78, 5) is 70.5. The van der Waals surface area contributed by atoms with Gasteiger partial charge in [0.2, 0.25) is 11.8 Å². The predicted octanol–water partition coefficient (Wildman–Crippen LogP) is 5.19. The molecule has 4 atom stereocenters. The van der Waals surface area contributed by atoms with Crippen molar-refractivity contribution in [3.8, 4) is 34.4 Å². The summed E-state index contributed by atoms with van der Waals surface area (Å²) in [6.07, 6.45) is 3.84. The number of amides is 4. The van der Waals surface area contributed by atoms with Gasteiger partial charge in [-0.05, 0) is 60.1 Å². The van der Waals surface area contributed by atoms with Crippen LogP contribution in [0.3, 0.4) is 0 Å². The van der Waals surface area contributed by atoms with E-state index in [1.807, 2.05) is 76.2 Å². The summed E-state index contributed by atoms with van der Waals surface area (Å²) in [5.41, 5.74) is 5.16. The summed E-state index contributed by atoms with van der Waals surface area (Å²) < 4.78 is 15.2. The fourth-order valence-corrected chi connectivity index (χ4v) is 7.08. The van der Waals surface area contributed by atoms with Crippen LogP contribution in [-0.2, 0) is 23.8 Å². The fourth-order valence-electron chi connectivity index (χ4n) is 7.08. The number of rotatable bonds is 10. The van der Waals surface area contributed by atoms with Gasteiger partial charge in [0, 0.05) is 24.2 Å². The number of imidazole rings is 2. The molecule has 15 nitrogen and oxygen atoms in total. The summed E-state index contributed by atoms with van der Waals surface area (Å²) >= 11 is 0. The van der Waals surface area contributed by atoms with Gasteiger partial charge in [-0.25, -0.2) is 19.6 Å². The minimum absolute atomic E-state index is 0.110. The number of nitrogens with zero attached hydrogens (tertiary/aromatic N) is 4. The summed E-state index contributed by atoms with van der Waals surface area (Å²) in [6.45, 7) is 9.15. The molecule has 4 aromatic rings. The van der Waals surface area contributed by atoms with Crippen LogP contribution in [0.2, 0.25) is 0 Å². The first-order chi connectivity index (χ1) is 27.5. The van der Waals surface area contributed by atoms with Crippen LogP contribution in [0.15, 0.2) is 60.9 Å². The van der Waals surface area contributed by atoms with E-state index in [9.17, 15) is 19.2 Å². The highest BCUT2D eigenvalue weighted by Gasteiger charge is 2.38. The molecule has 15 heteroatoms. The normalized spacial score (nSPS) is 17.8. The number of likely N-dealkylation sites (tertiary alicyclic amines) is 1. The highest BCUT2D eigenvalue weighted by Crippen LogP contribution is 2.33. The Morgan fingerprint density at radius 3 is 1.63 bits per heavy atom. The van der Waals surface area contributed by atoms with Crippen molar-refractivity contribution in [1.82, 2.24) is 40.4 Å². The van der Waals surface area contributed by atoms with Gasteiger partial charge >= 0.3 is 12.2 Å². The first kappa shape index (κ1) is 40.5. The van der Waals surface area contributed by atoms with E-state index in [0.29, 0.717) is 31.3 Å². The van der Waals surface area contributed by atoms with E-state index in [1.165, 1.54) is 14.2 Å². The molecule has 4 N–H and O–H groups in total. The van der Waals surface area contributed by atoms with E-state index in [4.69, 9.17) is 14.2 Å². The lowest BCUT2D eigenvalue weighted by molar-refractivity contribution is -0.143. The average Bonchev–Trinajstić information content (AvgIpc) is 4.03. The number of carbonyl (C=O) groups excluding carboxylic acids is 4. The second-order valence-corrected chi connectivity index (χ2v) is 14.8. The van der Waals surface area contributed by atoms with Crippen LogP contribution in [0.4, 0.5) is 9.59 Å². The maximum atomic E-state index is 13.6. The second kappa shape index (κ2) is 18.2. The molecular weight excluding hydrogens is 729 g/mol. The number of alkyl carbamates (subject to hydrolysis) is 2. The standard InChI is InChI=1S/C42H50N8O7/c1-25(2)35(47-41(53)55-5)39(51)49-19-7-8-33(49)37-43-22-31(45-37)29-15-11-27(12-16-29)9-10-28-13-17-30(18-14-28)32-23-44-38(46-32)34-24-57-21-20-50(34)40(52)36(26(3)4)48-42(54)56-6/h11-18,22-23,25-26,33-36H,7-8,19-21,24H2,1-6H3,(H,43,45)(H,44,46)(H,47,53)(H,48,54)/t33-,34-,35?,36-/m0/s1. The molecule has 57 heavy (non-hydrogen) atoms. The maximum Gasteiger partial charge on any atom is 0.407 e. The number of methoxy groups -OCH3 is 2. The summed E-state index contributed by atoms with van der Waals surface area (Å²) in [5.74, 6) is 7.14. The van der Waals surface area contributed by atoms with Crippen molar-refractivity contribution < 1.29 is 33.4 Å². The monoisotopic (exact) mass is 778 g/mol. The van der Waals surface area contributed by atoms with Crippen molar-refractivity contribution in [2.75, 3.05) is 40.5 Å². The number of aromatic nitrogens is 4. The maximum absolute atomic E-state index is 13.6. The van der Waals surface area contributed by atoms with Crippen molar-refractivity contribution in [3.05, 3.63) is 83.7 Å². The van der Waals surface area contributed by atoms with Crippen molar-refractivity contribution in [1.29, 1.82) is 0 Å². The van der Waals surface area contributed by atoms with Crippen LogP contribution >= 0.6 is 0 Å².